The summed E-state index contributed by atoms with van der Waals surface area (Å²) >= 11 is 1.13. The van der Waals surface area contributed by atoms with E-state index in [0.29, 0.717) is 5.16 Å². The molecule has 0 saturated heterocycles. The number of aromatic nitrogens is 3. The van der Waals surface area contributed by atoms with Crippen LogP contribution in [0.3, 0.4) is 0 Å². The molecule has 15 heavy (non-hydrogen) atoms. The Balaban J connectivity index is 2.47. The maximum Gasteiger partial charge on any atom is 0.343 e. The Morgan fingerprint density at radius 1 is 1.73 bits per heavy atom. The summed E-state index contributed by atoms with van der Waals surface area (Å²) in [5.41, 5.74) is -0.342. The van der Waals surface area contributed by atoms with Gasteiger partial charge in [0, 0.05) is 12.8 Å². The van der Waals surface area contributed by atoms with Crippen molar-refractivity contribution >= 4 is 17.7 Å². The molecule has 1 atom stereocenters. The highest BCUT2D eigenvalue weighted by Gasteiger charge is 2.12. The molecule has 0 aliphatic carbocycles. The highest BCUT2D eigenvalue weighted by molar-refractivity contribution is 7.99. The van der Waals surface area contributed by atoms with Gasteiger partial charge in [-0.1, -0.05) is 11.8 Å². The molecule has 1 aromatic rings. The summed E-state index contributed by atoms with van der Waals surface area (Å²) in [6.07, 6.45) is -1.26. The number of carboxylic acids is 1. The lowest BCUT2D eigenvalue weighted by molar-refractivity contribution is -0.138. The fourth-order valence-electron chi connectivity index (χ4n) is 0.893. The van der Waals surface area contributed by atoms with Gasteiger partial charge >= 0.3 is 11.7 Å². The van der Waals surface area contributed by atoms with E-state index in [9.17, 15) is 14.7 Å². The largest absolute Gasteiger partial charge is 0.481 e. The van der Waals surface area contributed by atoms with E-state index in [4.69, 9.17) is 5.11 Å². The molecule has 7 nitrogen and oxygen atoms in total. The molecule has 0 aliphatic heterocycles. The molecule has 84 valence electrons. The average Bonchev–Trinajstić information content (AvgIpc) is 2.44. The van der Waals surface area contributed by atoms with Crippen molar-refractivity contribution in [1.29, 1.82) is 0 Å². The number of aliphatic hydroxyl groups is 1. The van der Waals surface area contributed by atoms with Crippen LogP contribution in [0.1, 0.15) is 6.42 Å². The molecule has 0 radical (unpaired) electrons. The van der Waals surface area contributed by atoms with Crippen LogP contribution in [0.5, 0.6) is 0 Å². The van der Waals surface area contributed by atoms with Gasteiger partial charge in [-0.15, -0.1) is 5.10 Å². The van der Waals surface area contributed by atoms with Crippen molar-refractivity contribution in [3.63, 3.8) is 0 Å². The standard InChI is InChI=1S/C7H11N3O4S/c1-10-6(14)8-9-7(10)15-3-4(11)2-5(12)13/h4,11H,2-3H2,1H3,(H,8,14)(H,12,13). The summed E-state index contributed by atoms with van der Waals surface area (Å²) in [6, 6.07) is 0. The number of hydrogen-bond acceptors (Lipinski definition) is 5. The normalized spacial score (nSPS) is 12.7. The first-order valence-corrected chi connectivity index (χ1v) is 5.13. The van der Waals surface area contributed by atoms with Gasteiger partial charge in [-0.3, -0.25) is 9.36 Å². The molecule has 0 amide bonds. The number of thioether (sulfide) groups is 1. The smallest absolute Gasteiger partial charge is 0.343 e. The fourth-order valence-corrected chi connectivity index (χ4v) is 1.74. The third-order valence-corrected chi connectivity index (χ3v) is 2.83. The summed E-state index contributed by atoms with van der Waals surface area (Å²) in [5.74, 6) is -0.872. The highest BCUT2D eigenvalue weighted by Crippen LogP contribution is 2.14. The van der Waals surface area contributed by atoms with E-state index in [2.05, 4.69) is 10.2 Å². The number of carbonyl (C=O) groups is 1. The van der Waals surface area contributed by atoms with E-state index in [-0.39, 0.29) is 17.9 Å². The lowest BCUT2D eigenvalue weighted by atomic mass is 10.3. The molecular formula is C7H11N3O4S. The van der Waals surface area contributed by atoms with Crippen LogP contribution in [0.25, 0.3) is 0 Å². The average molecular weight is 233 g/mol. The lowest BCUT2D eigenvalue weighted by Crippen LogP contribution is -2.16. The zero-order valence-electron chi connectivity index (χ0n) is 8.01. The summed E-state index contributed by atoms with van der Waals surface area (Å²) in [6.45, 7) is 0. The van der Waals surface area contributed by atoms with E-state index in [1.807, 2.05) is 0 Å². The van der Waals surface area contributed by atoms with Crippen LogP contribution >= 0.6 is 11.8 Å². The van der Waals surface area contributed by atoms with E-state index in [1.54, 1.807) is 0 Å². The highest BCUT2D eigenvalue weighted by atomic mass is 32.2. The number of hydrogen-bond donors (Lipinski definition) is 3. The van der Waals surface area contributed by atoms with Crippen LogP contribution in [-0.2, 0) is 11.8 Å². The van der Waals surface area contributed by atoms with Crippen molar-refractivity contribution in [3.05, 3.63) is 10.5 Å². The number of aliphatic carboxylic acids is 1. The number of nitrogens with one attached hydrogen (secondary N) is 1. The van der Waals surface area contributed by atoms with Gasteiger partial charge in [0.05, 0.1) is 12.5 Å². The van der Waals surface area contributed by atoms with Gasteiger partial charge in [-0.2, -0.15) is 0 Å². The van der Waals surface area contributed by atoms with Crippen LogP contribution in [0.15, 0.2) is 9.95 Å². The Morgan fingerprint density at radius 2 is 2.40 bits per heavy atom. The van der Waals surface area contributed by atoms with Crippen LogP contribution in [0, 0.1) is 0 Å². The van der Waals surface area contributed by atoms with E-state index in [0.717, 1.165) is 11.8 Å². The van der Waals surface area contributed by atoms with Crippen molar-refractivity contribution < 1.29 is 15.0 Å². The molecule has 0 saturated carbocycles. The zero-order valence-corrected chi connectivity index (χ0v) is 8.82. The van der Waals surface area contributed by atoms with Gasteiger partial charge in [0.1, 0.15) is 0 Å². The maximum absolute atomic E-state index is 10.9. The van der Waals surface area contributed by atoms with Crippen molar-refractivity contribution in [3.8, 4) is 0 Å². The summed E-state index contributed by atoms with van der Waals surface area (Å²) < 4.78 is 1.29. The van der Waals surface area contributed by atoms with Gasteiger partial charge in [0.15, 0.2) is 5.16 Å². The lowest BCUT2D eigenvalue weighted by Gasteiger charge is -2.05. The zero-order chi connectivity index (χ0) is 11.4. The second kappa shape index (κ2) is 4.99. The van der Waals surface area contributed by atoms with E-state index in [1.165, 1.54) is 11.6 Å². The third kappa shape index (κ3) is 3.40. The van der Waals surface area contributed by atoms with E-state index >= 15 is 0 Å². The summed E-state index contributed by atoms with van der Waals surface area (Å²) in [7, 11) is 1.54. The molecule has 0 aromatic carbocycles. The molecule has 8 heteroatoms. The molecule has 1 rings (SSSR count). The predicted molar refractivity (Wildman–Crippen MR) is 52.8 cm³/mol. The van der Waals surface area contributed by atoms with Gasteiger partial charge in [-0.25, -0.2) is 9.89 Å². The minimum atomic E-state index is -1.06. The Labute approximate surface area is 89.1 Å². The number of aliphatic hydroxyl groups excluding tert-OH is 1. The predicted octanol–water partition coefficient (Wildman–Crippen LogP) is -0.964. The Kier molecular flexibility index (Phi) is 3.92. The molecule has 1 heterocycles. The molecule has 0 spiro atoms. The first kappa shape index (κ1) is 11.8. The topological polar surface area (TPSA) is 108 Å². The Bertz CT molecular complexity index is 399. The summed E-state index contributed by atoms with van der Waals surface area (Å²) in [4.78, 5) is 21.2. The van der Waals surface area contributed by atoms with Crippen molar-refractivity contribution in [1.82, 2.24) is 14.8 Å². The third-order valence-electron chi connectivity index (χ3n) is 1.65. The first-order chi connectivity index (χ1) is 7.00. The maximum atomic E-state index is 10.9. The SMILES string of the molecule is Cn1c(SCC(O)CC(=O)O)n[nH]c1=O. The first-order valence-electron chi connectivity index (χ1n) is 4.14. The van der Waals surface area contributed by atoms with Crippen LogP contribution in [0.4, 0.5) is 0 Å². The molecule has 0 fully saturated rings. The van der Waals surface area contributed by atoms with Crippen LogP contribution in [-0.4, -0.2) is 42.8 Å². The number of aromatic amines is 1. The van der Waals surface area contributed by atoms with Gasteiger partial charge in [0.2, 0.25) is 0 Å². The van der Waals surface area contributed by atoms with E-state index < -0.39 is 12.1 Å². The van der Waals surface area contributed by atoms with Crippen molar-refractivity contribution in [2.45, 2.75) is 17.7 Å². The molecule has 3 N–H and O–H groups in total. The van der Waals surface area contributed by atoms with Gasteiger partial charge in [-0.05, 0) is 0 Å². The number of H-pyrrole nitrogens is 1. The Morgan fingerprint density at radius 3 is 2.87 bits per heavy atom. The van der Waals surface area contributed by atoms with Crippen LogP contribution < -0.4 is 5.69 Å². The monoisotopic (exact) mass is 233 g/mol. The number of carboxylic acid groups (broad SMARTS) is 1. The minimum absolute atomic E-state index is 0.185. The van der Waals surface area contributed by atoms with Crippen molar-refractivity contribution in [2.24, 2.45) is 7.05 Å². The quantitative estimate of drug-likeness (QED) is 0.565. The Hall–Kier alpha value is -1.28. The molecule has 0 aliphatic rings. The van der Waals surface area contributed by atoms with Gasteiger partial charge < -0.3 is 10.2 Å². The number of rotatable bonds is 5. The number of nitrogens with zero attached hydrogens (tertiary/aromatic N) is 2. The van der Waals surface area contributed by atoms with Gasteiger partial charge in [0.25, 0.3) is 0 Å². The second-order valence-corrected chi connectivity index (χ2v) is 3.92. The molecule has 0 bridgehead atoms. The van der Waals surface area contributed by atoms with Crippen molar-refractivity contribution in [2.75, 3.05) is 5.75 Å². The molecule has 1 aromatic heterocycles. The summed E-state index contributed by atoms with van der Waals surface area (Å²) in [5, 5.41) is 24.0. The second-order valence-electron chi connectivity index (χ2n) is 2.93. The molecule has 1 unspecified atom stereocenters. The fraction of sp³-hybridized carbons (Fsp3) is 0.571. The van der Waals surface area contributed by atoms with Crippen LogP contribution in [0.2, 0.25) is 0 Å². The minimum Gasteiger partial charge on any atom is -0.481 e. The molecular weight excluding hydrogens is 222 g/mol.